The van der Waals surface area contributed by atoms with Gasteiger partial charge in [0.15, 0.2) is 9.79 Å². The van der Waals surface area contributed by atoms with Crippen LogP contribution in [0.2, 0.25) is 0 Å². The third kappa shape index (κ3) is 11.8. The number of hydrogen-bond acceptors (Lipinski definition) is 2. The van der Waals surface area contributed by atoms with E-state index in [0.717, 1.165) is 24.2 Å². The molecule has 0 saturated heterocycles. The van der Waals surface area contributed by atoms with Gasteiger partial charge in [0.2, 0.25) is 0 Å². The van der Waals surface area contributed by atoms with Crippen LogP contribution in [-0.2, 0) is 34.6 Å². The van der Waals surface area contributed by atoms with Crippen molar-refractivity contribution in [3.8, 4) is 0 Å². The molecule has 2 nitrogen and oxygen atoms in total. The molecule has 0 unspecified atom stereocenters. The summed E-state index contributed by atoms with van der Waals surface area (Å²) in [5.41, 5.74) is 14.5. The van der Waals surface area contributed by atoms with E-state index in [0.29, 0.717) is 0 Å². The number of unbranched alkanes of at least 4 members (excludes halogenated alkanes) is 2. The molecule has 0 amide bonds. The largest absolute Gasteiger partial charge is 0.310 e. The van der Waals surface area contributed by atoms with E-state index in [1.54, 1.807) is 0 Å². The predicted octanol–water partition coefficient (Wildman–Crippen LogP) is 16.1. The van der Waals surface area contributed by atoms with Crippen molar-refractivity contribution in [2.45, 2.75) is 62.2 Å². The Morgan fingerprint density at radius 3 is 0.935 bits per heavy atom. The van der Waals surface area contributed by atoms with Crippen molar-refractivity contribution in [1.29, 1.82) is 0 Å². The fraction of sp³-hybridized carbons (Fsp3) is 0.207. The average molecular weight is 851 g/mol. The summed E-state index contributed by atoms with van der Waals surface area (Å²) in [4.78, 5) is 7.49. The summed E-state index contributed by atoms with van der Waals surface area (Å²) >= 11 is 0. The van der Waals surface area contributed by atoms with Gasteiger partial charge in [-0.2, -0.15) is 0 Å². The van der Waals surface area contributed by atoms with Crippen molar-refractivity contribution in [2.75, 3.05) is 34.8 Å². The van der Waals surface area contributed by atoms with Crippen LogP contribution in [0, 0.1) is 0 Å². The van der Waals surface area contributed by atoms with Crippen molar-refractivity contribution in [3.05, 3.63) is 203 Å². The van der Waals surface area contributed by atoms with E-state index in [9.17, 15) is 0 Å². The fourth-order valence-corrected chi connectivity index (χ4v) is 9.02. The summed E-state index contributed by atoms with van der Waals surface area (Å²) < 4.78 is 0. The van der Waals surface area contributed by atoms with Gasteiger partial charge in [-0.1, -0.05) is 136 Å². The second-order valence-electron chi connectivity index (χ2n) is 16.4. The number of aryl methyl sites for hydroxylation is 2. The Morgan fingerprint density at radius 2 is 0.645 bits per heavy atom. The van der Waals surface area contributed by atoms with Crippen LogP contribution in [0.25, 0.3) is 24.3 Å². The number of benzene rings is 7. The molecule has 0 radical (unpaired) electrons. The van der Waals surface area contributed by atoms with Gasteiger partial charge in [-0.15, -0.1) is 0 Å². The van der Waals surface area contributed by atoms with Gasteiger partial charge in [0, 0.05) is 56.7 Å². The van der Waals surface area contributed by atoms with Gasteiger partial charge in [0.25, 0.3) is 0 Å². The number of rotatable bonds is 18. The Labute approximate surface area is 378 Å². The van der Waals surface area contributed by atoms with Gasteiger partial charge in [-0.05, 0) is 132 Å². The van der Waals surface area contributed by atoms with Crippen LogP contribution in [-0.4, -0.2) is 25.0 Å². The molecule has 0 fully saturated rings. The molecule has 0 spiro atoms. The maximum absolute atomic E-state index is 2.38. The lowest BCUT2D eigenvalue weighted by molar-refractivity contribution is 0.795. The monoisotopic (exact) mass is 850 g/mol. The topological polar surface area (TPSA) is 6.48 Å². The van der Waals surface area contributed by atoms with Crippen LogP contribution in [0.1, 0.15) is 72.9 Å². The standard InChI is InChI=1S/C58H62N2S2/c1-7-9-13-45-27-35-51(36-28-45)59(55-15-11-17-57(43-55)61(3)4)53-39-31-49(32-40-53)25-23-47-19-21-48(22-20-47)24-26-50-33-41-54(42-34-50)60(56-16-12-18-58(44-56)62(5)6)52-37-29-46(30-38-52)14-10-8-2/h11-12,15-44H,7-10,13-14H2,1-6H3/q+2/b25-23+,26-24+. The zero-order valence-corrected chi connectivity index (χ0v) is 39.1. The van der Waals surface area contributed by atoms with Crippen LogP contribution in [0.5, 0.6) is 0 Å². The first-order valence-corrected chi connectivity index (χ1v) is 26.2. The summed E-state index contributed by atoms with van der Waals surface area (Å²) in [7, 11) is 0.359. The Morgan fingerprint density at radius 1 is 0.355 bits per heavy atom. The summed E-state index contributed by atoms with van der Waals surface area (Å²) in [6.07, 6.45) is 25.0. The lowest BCUT2D eigenvalue weighted by Gasteiger charge is -2.26. The van der Waals surface area contributed by atoms with E-state index in [2.05, 4.69) is 243 Å². The molecule has 7 aromatic carbocycles. The summed E-state index contributed by atoms with van der Waals surface area (Å²) in [5.74, 6) is 0. The third-order valence-corrected chi connectivity index (χ3v) is 13.7. The number of nitrogens with zero attached hydrogens (tertiary/aromatic N) is 2. The lowest BCUT2D eigenvalue weighted by Crippen LogP contribution is -2.11. The van der Waals surface area contributed by atoms with Gasteiger partial charge in [-0.3, -0.25) is 0 Å². The first kappa shape index (κ1) is 44.4. The highest BCUT2D eigenvalue weighted by Crippen LogP contribution is 2.38. The second-order valence-corrected chi connectivity index (χ2v) is 20.6. The second kappa shape index (κ2) is 21.9. The summed E-state index contributed by atoms with van der Waals surface area (Å²) in [6, 6.07) is 62.8. The highest BCUT2D eigenvalue weighted by Gasteiger charge is 2.18. The van der Waals surface area contributed by atoms with E-state index in [1.807, 2.05) is 0 Å². The van der Waals surface area contributed by atoms with E-state index in [-0.39, 0.29) is 21.8 Å². The molecule has 0 N–H and O–H groups in total. The molecule has 4 heteroatoms. The van der Waals surface area contributed by atoms with Gasteiger partial charge in [0.1, 0.15) is 25.0 Å². The highest BCUT2D eigenvalue weighted by molar-refractivity contribution is 7.95. The number of hydrogen-bond donors (Lipinski definition) is 0. The quantitative estimate of drug-likeness (QED) is 0.0627. The molecule has 0 bridgehead atoms. The van der Waals surface area contributed by atoms with Crippen molar-refractivity contribution < 1.29 is 0 Å². The minimum atomic E-state index is 0.180. The van der Waals surface area contributed by atoms with Crippen molar-refractivity contribution in [3.63, 3.8) is 0 Å². The molecular weight excluding hydrogens is 789 g/mol. The van der Waals surface area contributed by atoms with Gasteiger partial charge >= 0.3 is 0 Å². The van der Waals surface area contributed by atoms with Gasteiger partial charge in [0.05, 0.1) is 11.4 Å². The maximum atomic E-state index is 2.38. The minimum absolute atomic E-state index is 0.180. The SMILES string of the molecule is CCCCc1ccc(N(c2ccc(/C=C/c3ccc(/C=C/c4ccc(N(c5ccc(CCCC)cc5)c5cccc([S+](C)C)c5)cc4)cc3)cc2)c2cccc([S+](C)C)c2)cc1. The van der Waals surface area contributed by atoms with Crippen LogP contribution >= 0.6 is 0 Å². The van der Waals surface area contributed by atoms with Crippen LogP contribution < -0.4 is 9.80 Å². The Kier molecular flexibility index (Phi) is 15.7. The van der Waals surface area contributed by atoms with Crippen LogP contribution in [0.4, 0.5) is 34.1 Å². The van der Waals surface area contributed by atoms with E-state index in [1.165, 1.54) is 91.6 Å². The molecular formula is C58H62N2S2+2. The predicted molar refractivity (Wildman–Crippen MR) is 279 cm³/mol. The molecule has 62 heavy (non-hydrogen) atoms. The minimum Gasteiger partial charge on any atom is -0.310 e. The van der Waals surface area contributed by atoms with Gasteiger partial charge in [-0.25, -0.2) is 0 Å². The highest BCUT2D eigenvalue weighted by atomic mass is 32.2. The zero-order chi connectivity index (χ0) is 43.3. The van der Waals surface area contributed by atoms with E-state index >= 15 is 0 Å². The fourth-order valence-electron chi connectivity index (χ4n) is 7.60. The Balaban J connectivity index is 1.03. The molecule has 7 rings (SSSR count). The maximum Gasteiger partial charge on any atom is 0.156 e. The van der Waals surface area contributed by atoms with Gasteiger partial charge < -0.3 is 9.80 Å². The van der Waals surface area contributed by atoms with Crippen molar-refractivity contribution in [2.24, 2.45) is 0 Å². The molecule has 314 valence electrons. The Bertz CT molecular complexity index is 2340. The summed E-state index contributed by atoms with van der Waals surface area (Å²) in [5, 5.41) is 0. The van der Waals surface area contributed by atoms with Crippen molar-refractivity contribution >= 4 is 80.2 Å². The molecule has 0 saturated carbocycles. The smallest absolute Gasteiger partial charge is 0.156 e. The molecule has 7 aromatic rings. The van der Waals surface area contributed by atoms with Crippen molar-refractivity contribution in [1.82, 2.24) is 0 Å². The Hall–Kier alpha value is -5.68. The lowest BCUT2D eigenvalue weighted by atomic mass is 10.1. The molecule has 0 aliphatic rings. The first-order valence-electron chi connectivity index (χ1n) is 22.1. The van der Waals surface area contributed by atoms with E-state index < -0.39 is 0 Å². The first-order chi connectivity index (χ1) is 30.3. The third-order valence-electron chi connectivity index (χ3n) is 11.3. The average Bonchev–Trinajstić information content (AvgIpc) is 3.31. The molecule has 0 aliphatic carbocycles. The molecule has 0 aliphatic heterocycles. The van der Waals surface area contributed by atoms with E-state index in [4.69, 9.17) is 0 Å². The molecule has 0 atom stereocenters. The molecule has 0 heterocycles. The van der Waals surface area contributed by atoms with Crippen LogP contribution in [0.3, 0.4) is 0 Å². The van der Waals surface area contributed by atoms with Crippen LogP contribution in [0.15, 0.2) is 180 Å². The zero-order valence-electron chi connectivity index (χ0n) is 37.4. The number of anilines is 6. The summed E-state index contributed by atoms with van der Waals surface area (Å²) in [6.45, 7) is 4.51. The normalized spacial score (nSPS) is 11.6. The molecule has 0 aromatic heterocycles.